The first kappa shape index (κ1) is 23.4. The van der Waals surface area contributed by atoms with Gasteiger partial charge in [0.25, 0.3) is 0 Å². The van der Waals surface area contributed by atoms with Crippen molar-refractivity contribution >= 4 is 27.7 Å². The van der Waals surface area contributed by atoms with Crippen molar-refractivity contribution in [3.8, 4) is 5.75 Å². The van der Waals surface area contributed by atoms with Gasteiger partial charge in [0, 0.05) is 42.3 Å². The van der Waals surface area contributed by atoms with Crippen LogP contribution in [0.4, 0.5) is 0 Å². The van der Waals surface area contributed by atoms with Gasteiger partial charge < -0.3 is 20.3 Å². The SMILES string of the molecule is O=C(C[C@@H]1CCN2C[C@@H]1/C=C\COc1ccc(Br)cc1CNCC2=O)NCc1ccccn1. The highest BCUT2D eigenvalue weighted by molar-refractivity contribution is 9.10. The average molecular weight is 513 g/mol. The van der Waals surface area contributed by atoms with Gasteiger partial charge in [0.1, 0.15) is 12.4 Å². The lowest BCUT2D eigenvalue weighted by Gasteiger charge is -2.37. The minimum atomic E-state index is 0.0131. The number of nitrogens with one attached hydrogen (secondary N) is 2. The van der Waals surface area contributed by atoms with Crippen LogP contribution in [0.25, 0.3) is 0 Å². The maximum atomic E-state index is 12.8. The van der Waals surface area contributed by atoms with Gasteiger partial charge >= 0.3 is 0 Å². The Balaban J connectivity index is 1.41. The summed E-state index contributed by atoms with van der Waals surface area (Å²) in [6, 6.07) is 11.6. The molecule has 33 heavy (non-hydrogen) atoms. The van der Waals surface area contributed by atoms with Crippen LogP contribution in [0.1, 0.15) is 24.1 Å². The summed E-state index contributed by atoms with van der Waals surface area (Å²) in [6.45, 7) is 2.98. The highest BCUT2D eigenvalue weighted by atomic mass is 79.9. The molecule has 2 N–H and O–H groups in total. The molecule has 174 valence electrons. The molecule has 2 aromatic rings. The van der Waals surface area contributed by atoms with E-state index in [2.05, 4.69) is 37.6 Å². The molecule has 7 nitrogen and oxygen atoms in total. The van der Waals surface area contributed by atoms with Crippen LogP contribution in [-0.4, -0.2) is 47.9 Å². The van der Waals surface area contributed by atoms with Gasteiger partial charge in [-0.05, 0) is 48.6 Å². The Kier molecular flexibility index (Phi) is 8.12. The second kappa shape index (κ2) is 11.4. The predicted molar refractivity (Wildman–Crippen MR) is 129 cm³/mol. The summed E-state index contributed by atoms with van der Waals surface area (Å²) in [7, 11) is 0. The Labute approximate surface area is 202 Å². The fraction of sp³-hybridized carbons (Fsp3) is 0.400. The van der Waals surface area contributed by atoms with Gasteiger partial charge in [-0.1, -0.05) is 34.1 Å². The molecule has 0 radical (unpaired) electrons. The van der Waals surface area contributed by atoms with Gasteiger partial charge in [0.15, 0.2) is 0 Å². The van der Waals surface area contributed by atoms with Crippen LogP contribution in [0.2, 0.25) is 0 Å². The number of carbonyl (C=O) groups excluding carboxylic acids is 2. The van der Waals surface area contributed by atoms with E-state index in [-0.39, 0.29) is 30.2 Å². The molecule has 2 aliphatic heterocycles. The number of pyridine rings is 1. The lowest BCUT2D eigenvalue weighted by molar-refractivity contribution is -0.132. The van der Waals surface area contributed by atoms with E-state index in [1.165, 1.54) is 0 Å². The van der Waals surface area contributed by atoms with Crippen molar-refractivity contribution in [2.24, 2.45) is 11.8 Å². The van der Waals surface area contributed by atoms with Gasteiger partial charge in [0.2, 0.25) is 11.8 Å². The van der Waals surface area contributed by atoms with E-state index in [0.717, 1.165) is 27.9 Å². The number of piperidine rings is 1. The standard InChI is InChI=1S/C25H29BrN4O3/c26-21-6-7-23-20(12-21)14-27-16-25(32)30-10-8-18(19(17-30)4-3-11-33-23)13-24(31)29-15-22-5-1-2-9-28-22/h1-7,9,12,18-19,27H,8,10-11,13-17H2,(H,29,31)/b4-3-/t18-,19-/m0/s1. The summed E-state index contributed by atoms with van der Waals surface area (Å²) < 4.78 is 6.97. The highest BCUT2D eigenvalue weighted by Crippen LogP contribution is 2.29. The Bertz CT molecular complexity index is 998. The van der Waals surface area contributed by atoms with Crippen molar-refractivity contribution in [2.45, 2.75) is 25.9 Å². The van der Waals surface area contributed by atoms with Crippen LogP contribution in [0.3, 0.4) is 0 Å². The summed E-state index contributed by atoms with van der Waals surface area (Å²) in [5.41, 5.74) is 1.84. The third kappa shape index (κ3) is 6.65. The van der Waals surface area contributed by atoms with Gasteiger partial charge in [-0.2, -0.15) is 0 Å². The largest absolute Gasteiger partial charge is 0.489 e. The van der Waals surface area contributed by atoms with Crippen molar-refractivity contribution in [1.82, 2.24) is 20.5 Å². The fourth-order valence-electron chi connectivity index (χ4n) is 4.34. The third-order valence-corrected chi connectivity index (χ3v) is 6.63. The molecular weight excluding hydrogens is 484 g/mol. The minimum Gasteiger partial charge on any atom is -0.489 e. The Hall–Kier alpha value is -2.71. The fourth-order valence-corrected chi connectivity index (χ4v) is 4.75. The van der Waals surface area contributed by atoms with Crippen molar-refractivity contribution in [2.75, 3.05) is 26.2 Å². The van der Waals surface area contributed by atoms with E-state index in [4.69, 9.17) is 4.74 Å². The highest BCUT2D eigenvalue weighted by Gasteiger charge is 2.31. The van der Waals surface area contributed by atoms with Crippen molar-refractivity contribution in [1.29, 1.82) is 0 Å². The second-order valence-corrected chi connectivity index (χ2v) is 9.36. The molecule has 3 heterocycles. The topological polar surface area (TPSA) is 83.6 Å². The summed E-state index contributed by atoms with van der Waals surface area (Å²) in [4.78, 5) is 31.6. The van der Waals surface area contributed by atoms with Crippen LogP contribution in [0.15, 0.2) is 59.2 Å². The molecule has 2 bridgehead atoms. The van der Waals surface area contributed by atoms with Crippen LogP contribution >= 0.6 is 15.9 Å². The number of ether oxygens (including phenoxy) is 1. The van der Waals surface area contributed by atoms with E-state index in [1.807, 2.05) is 47.4 Å². The molecular formula is C25H29BrN4O3. The zero-order valence-corrected chi connectivity index (χ0v) is 20.1. The zero-order chi connectivity index (χ0) is 23.0. The molecule has 0 aliphatic carbocycles. The first-order valence-electron chi connectivity index (χ1n) is 11.3. The van der Waals surface area contributed by atoms with Gasteiger partial charge in [-0.3, -0.25) is 14.6 Å². The molecule has 1 aromatic heterocycles. The number of carbonyl (C=O) groups is 2. The van der Waals surface area contributed by atoms with Crippen molar-refractivity contribution in [3.05, 3.63) is 70.5 Å². The summed E-state index contributed by atoms with van der Waals surface area (Å²) in [5.74, 6) is 1.19. The number of amides is 2. The first-order chi connectivity index (χ1) is 16.1. The molecule has 2 amide bonds. The quantitative estimate of drug-likeness (QED) is 0.615. The van der Waals surface area contributed by atoms with Crippen LogP contribution in [0, 0.1) is 11.8 Å². The molecule has 0 saturated carbocycles. The van der Waals surface area contributed by atoms with Crippen LogP contribution in [-0.2, 0) is 22.7 Å². The monoisotopic (exact) mass is 512 g/mol. The normalized spacial score (nSPS) is 22.1. The number of hydrogen-bond acceptors (Lipinski definition) is 5. The number of halogens is 1. The summed E-state index contributed by atoms with van der Waals surface area (Å²) in [5, 5.41) is 6.23. The van der Waals surface area contributed by atoms with E-state index in [0.29, 0.717) is 39.2 Å². The maximum absolute atomic E-state index is 12.8. The van der Waals surface area contributed by atoms with E-state index < -0.39 is 0 Å². The number of rotatable bonds is 4. The number of benzene rings is 1. The maximum Gasteiger partial charge on any atom is 0.236 e. The van der Waals surface area contributed by atoms with E-state index >= 15 is 0 Å². The van der Waals surface area contributed by atoms with Crippen molar-refractivity contribution < 1.29 is 14.3 Å². The molecule has 1 fully saturated rings. The number of nitrogens with zero attached hydrogens (tertiary/aromatic N) is 2. The summed E-state index contributed by atoms with van der Waals surface area (Å²) in [6.07, 6.45) is 7.07. The van der Waals surface area contributed by atoms with Gasteiger partial charge in [-0.25, -0.2) is 0 Å². The smallest absolute Gasteiger partial charge is 0.236 e. The lowest BCUT2D eigenvalue weighted by atomic mass is 9.82. The minimum absolute atomic E-state index is 0.0131. The molecule has 4 rings (SSSR count). The van der Waals surface area contributed by atoms with E-state index in [9.17, 15) is 9.59 Å². The summed E-state index contributed by atoms with van der Waals surface area (Å²) >= 11 is 3.50. The average Bonchev–Trinajstić information content (AvgIpc) is 2.83. The number of hydrogen-bond donors (Lipinski definition) is 2. The van der Waals surface area contributed by atoms with Gasteiger partial charge in [0.05, 0.1) is 18.8 Å². The third-order valence-electron chi connectivity index (χ3n) is 6.13. The zero-order valence-electron chi connectivity index (χ0n) is 18.5. The van der Waals surface area contributed by atoms with Crippen LogP contribution in [0.5, 0.6) is 5.75 Å². The van der Waals surface area contributed by atoms with Crippen molar-refractivity contribution in [3.63, 3.8) is 0 Å². The Morgan fingerprint density at radius 1 is 1.27 bits per heavy atom. The first-order valence-corrected chi connectivity index (χ1v) is 12.1. The molecule has 1 aromatic carbocycles. The van der Waals surface area contributed by atoms with E-state index in [1.54, 1.807) is 6.20 Å². The molecule has 8 heteroatoms. The molecule has 1 saturated heterocycles. The molecule has 0 spiro atoms. The Morgan fingerprint density at radius 3 is 3.03 bits per heavy atom. The molecule has 2 atom stereocenters. The van der Waals surface area contributed by atoms with Crippen LogP contribution < -0.4 is 15.4 Å². The number of fused-ring (bicyclic) bond motifs is 3. The predicted octanol–water partition coefficient (Wildman–Crippen LogP) is 3.05. The Morgan fingerprint density at radius 2 is 2.18 bits per heavy atom. The second-order valence-electron chi connectivity index (χ2n) is 8.45. The lowest BCUT2D eigenvalue weighted by Crippen LogP contribution is -2.47. The molecule has 0 unspecified atom stereocenters. The van der Waals surface area contributed by atoms with Gasteiger partial charge in [-0.15, -0.1) is 0 Å². The molecule has 2 aliphatic rings. The number of aromatic nitrogens is 1.